The van der Waals surface area contributed by atoms with Gasteiger partial charge in [-0.05, 0) is 31.9 Å². The Balaban J connectivity index is 3.44. The van der Waals surface area contributed by atoms with Crippen LogP contribution in [0.3, 0.4) is 0 Å². The van der Waals surface area contributed by atoms with Crippen LogP contribution in [0.4, 0.5) is 0 Å². The molecule has 0 N–H and O–H groups in total. The van der Waals surface area contributed by atoms with E-state index in [0.29, 0.717) is 16.0 Å². The molecule has 0 atom stereocenters. The molecule has 0 aromatic heterocycles. The van der Waals surface area contributed by atoms with Crippen LogP contribution in [0.25, 0.3) is 0 Å². The average molecular weight is 245 g/mol. The summed E-state index contributed by atoms with van der Waals surface area (Å²) in [6.45, 7) is 5.42. The first-order chi connectivity index (χ1) is 6.88. The minimum absolute atomic E-state index is 0.0870. The summed E-state index contributed by atoms with van der Waals surface area (Å²) in [5.74, 6) is 0. The number of aryl methyl sites for hydroxylation is 3. The third-order valence-corrected chi connectivity index (χ3v) is 5.01. The van der Waals surface area contributed by atoms with Gasteiger partial charge in [-0.1, -0.05) is 17.7 Å². The predicted octanol–water partition coefficient (Wildman–Crippen LogP) is 1.77. The molecular weight excluding hydrogens is 232 g/mol. The summed E-state index contributed by atoms with van der Waals surface area (Å²) < 4.78 is 33.9. The van der Waals surface area contributed by atoms with Gasteiger partial charge in [0.15, 0.2) is 0 Å². The summed E-state index contributed by atoms with van der Waals surface area (Å²) in [5.41, 5.74) is 2.45. The van der Waals surface area contributed by atoms with Gasteiger partial charge in [-0.15, -0.1) is 0 Å². The van der Waals surface area contributed by atoms with E-state index in [1.165, 1.54) is 0 Å². The predicted molar refractivity (Wildman–Crippen MR) is 60.8 cm³/mol. The van der Waals surface area contributed by atoms with Crippen molar-refractivity contribution >= 4 is 21.5 Å². The molecule has 1 aromatic carbocycles. The molecule has 0 amide bonds. The zero-order valence-electron chi connectivity index (χ0n) is 8.90. The van der Waals surface area contributed by atoms with E-state index in [0.717, 1.165) is 5.56 Å². The van der Waals surface area contributed by atoms with Crippen LogP contribution >= 0.6 is 0 Å². The van der Waals surface area contributed by atoms with Crippen molar-refractivity contribution in [1.82, 2.24) is 0 Å². The molecule has 0 saturated carbocycles. The molecule has 5 heteroatoms. The van der Waals surface area contributed by atoms with E-state index < -0.39 is 14.9 Å². The first-order valence-electron chi connectivity index (χ1n) is 4.44. The molecule has 15 heavy (non-hydrogen) atoms. The van der Waals surface area contributed by atoms with E-state index in [-0.39, 0.29) is 11.7 Å². The molecule has 0 spiro atoms. The fraction of sp³-hybridized carbons (Fsp3) is 0.400. The Morgan fingerprint density at radius 2 is 1.60 bits per heavy atom. The van der Waals surface area contributed by atoms with Crippen molar-refractivity contribution < 1.29 is 12.6 Å². The monoisotopic (exact) mass is 245 g/mol. The van der Waals surface area contributed by atoms with Crippen molar-refractivity contribution in [3.63, 3.8) is 0 Å². The molecule has 82 valence electrons. The van der Waals surface area contributed by atoms with Gasteiger partial charge >= 0.3 is 16.8 Å². The molecule has 0 aliphatic heterocycles. The van der Waals surface area contributed by atoms with E-state index in [4.69, 9.17) is 0 Å². The summed E-state index contributed by atoms with van der Waals surface area (Å²) in [5, 5.41) is -0.405. The number of hydrogen-bond donors (Lipinski definition) is 0. The molecule has 0 aliphatic carbocycles. The third kappa shape index (κ3) is 2.60. The van der Waals surface area contributed by atoms with Crippen LogP contribution < -0.4 is 0 Å². The van der Waals surface area contributed by atoms with E-state index in [1.54, 1.807) is 13.8 Å². The molecule has 0 aliphatic rings. The first-order valence-corrected chi connectivity index (χ1v) is 7.00. The molecule has 0 unspecified atom stereocenters. The Morgan fingerprint density at radius 1 is 1.13 bits per heavy atom. The molecule has 1 rings (SSSR count). The van der Waals surface area contributed by atoms with Crippen LogP contribution in [0.15, 0.2) is 17.0 Å². The van der Waals surface area contributed by atoms with Crippen molar-refractivity contribution in [2.24, 2.45) is 0 Å². The standard InChI is InChI=1S/C10H13O3S2/c1-7-4-8(2)10(9(3)5-7)15(12,13)6-14-11/h4-5H,6H2,1-3H3/q+1. The highest BCUT2D eigenvalue weighted by Crippen LogP contribution is 2.22. The quantitative estimate of drug-likeness (QED) is 0.763. The highest BCUT2D eigenvalue weighted by atomic mass is 32.3. The second kappa shape index (κ2) is 4.37. The minimum atomic E-state index is -3.44. The summed E-state index contributed by atoms with van der Waals surface area (Å²) in [6, 6.07) is 3.63. The largest absolute Gasteiger partial charge is 0.476 e. The summed E-state index contributed by atoms with van der Waals surface area (Å²) in [6.07, 6.45) is 0. The molecule has 0 fully saturated rings. The number of sulfone groups is 1. The Kier molecular flexibility index (Phi) is 3.57. The van der Waals surface area contributed by atoms with Gasteiger partial charge in [-0.25, -0.2) is 8.42 Å². The lowest BCUT2D eigenvalue weighted by Gasteiger charge is -2.07. The average Bonchev–Trinajstić information content (AvgIpc) is 1.99. The lowest BCUT2D eigenvalue weighted by molar-refractivity contribution is 0.595. The second-order valence-corrected chi connectivity index (χ2v) is 6.39. The van der Waals surface area contributed by atoms with Gasteiger partial charge in [-0.3, -0.25) is 0 Å². The summed E-state index contributed by atoms with van der Waals surface area (Å²) in [4.78, 5) is 0.302. The van der Waals surface area contributed by atoms with Gasteiger partial charge in [0.2, 0.25) is 9.84 Å². The van der Waals surface area contributed by atoms with Crippen LogP contribution in [0.2, 0.25) is 0 Å². The maximum absolute atomic E-state index is 11.8. The van der Waals surface area contributed by atoms with Gasteiger partial charge in [0.25, 0.3) is 0 Å². The van der Waals surface area contributed by atoms with Crippen LogP contribution in [0.5, 0.6) is 0 Å². The maximum atomic E-state index is 11.8. The molecule has 0 radical (unpaired) electrons. The lowest BCUT2D eigenvalue weighted by atomic mass is 10.1. The Labute approximate surface area is 93.9 Å². The molecule has 0 saturated heterocycles. The van der Waals surface area contributed by atoms with Gasteiger partial charge in [0.1, 0.15) is 0 Å². The smallest absolute Gasteiger partial charge is 0.218 e. The van der Waals surface area contributed by atoms with Gasteiger partial charge in [-0.2, -0.15) is 0 Å². The zero-order chi connectivity index (χ0) is 11.6. The molecular formula is C10H13O3S2+. The van der Waals surface area contributed by atoms with Gasteiger partial charge in [0.05, 0.1) is 4.90 Å². The minimum Gasteiger partial charge on any atom is -0.218 e. The van der Waals surface area contributed by atoms with Gasteiger partial charge in [0, 0.05) is 4.21 Å². The van der Waals surface area contributed by atoms with Crippen LogP contribution in [0.1, 0.15) is 16.7 Å². The lowest BCUT2D eigenvalue weighted by Crippen LogP contribution is -2.09. The number of rotatable bonds is 3. The highest BCUT2D eigenvalue weighted by molar-refractivity contribution is 7.99. The fourth-order valence-corrected chi connectivity index (χ4v) is 3.86. The Morgan fingerprint density at radius 3 is 2.00 bits per heavy atom. The van der Waals surface area contributed by atoms with Crippen LogP contribution in [-0.4, -0.2) is 13.5 Å². The van der Waals surface area contributed by atoms with Crippen LogP contribution in [0, 0.1) is 20.8 Å². The molecule has 1 aromatic rings. The molecule has 0 heterocycles. The normalized spacial score (nSPS) is 11.4. The first kappa shape index (κ1) is 12.3. The number of benzene rings is 1. The van der Waals surface area contributed by atoms with E-state index in [9.17, 15) is 12.6 Å². The third-order valence-electron chi connectivity index (χ3n) is 2.12. The van der Waals surface area contributed by atoms with Crippen molar-refractivity contribution in [2.45, 2.75) is 25.7 Å². The van der Waals surface area contributed by atoms with E-state index in [2.05, 4.69) is 0 Å². The van der Waals surface area contributed by atoms with E-state index >= 15 is 0 Å². The van der Waals surface area contributed by atoms with E-state index in [1.807, 2.05) is 19.1 Å². The molecule has 0 bridgehead atoms. The molecule has 3 nitrogen and oxygen atoms in total. The Hall–Kier alpha value is -0.810. The van der Waals surface area contributed by atoms with Crippen molar-refractivity contribution in [2.75, 3.05) is 5.08 Å². The topological polar surface area (TPSA) is 51.2 Å². The summed E-state index contributed by atoms with van der Waals surface area (Å²) in [7, 11) is -3.44. The highest BCUT2D eigenvalue weighted by Gasteiger charge is 2.25. The van der Waals surface area contributed by atoms with Crippen molar-refractivity contribution in [3.05, 3.63) is 28.8 Å². The van der Waals surface area contributed by atoms with Crippen molar-refractivity contribution in [1.29, 1.82) is 0 Å². The number of hydrogen-bond acceptors (Lipinski definition) is 3. The fourth-order valence-electron chi connectivity index (χ4n) is 1.78. The maximum Gasteiger partial charge on any atom is 0.476 e. The Bertz CT molecular complexity index is 466. The zero-order valence-corrected chi connectivity index (χ0v) is 10.5. The van der Waals surface area contributed by atoms with Gasteiger partial charge < -0.3 is 0 Å². The SMILES string of the molecule is Cc1cc(C)c(S(=O)(=O)C[S+]=O)c(C)c1. The summed E-state index contributed by atoms with van der Waals surface area (Å²) >= 11 is 0.0870. The van der Waals surface area contributed by atoms with Crippen LogP contribution in [-0.2, 0) is 25.7 Å². The van der Waals surface area contributed by atoms with Crippen molar-refractivity contribution in [3.8, 4) is 0 Å². The second-order valence-electron chi connectivity index (χ2n) is 3.58.